The van der Waals surface area contributed by atoms with Crippen LogP contribution < -0.4 is 9.47 Å². The zero-order valence-corrected chi connectivity index (χ0v) is 19.1. The second kappa shape index (κ2) is 9.84. The monoisotopic (exact) mass is 464 g/mol. The Morgan fingerprint density at radius 1 is 0.969 bits per heavy atom. The van der Waals surface area contributed by atoms with Crippen LogP contribution in [0.15, 0.2) is 72.1 Å². The van der Waals surface area contributed by atoms with Crippen molar-refractivity contribution in [2.75, 3.05) is 14.2 Å². The minimum atomic E-state index is -0.939. The summed E-state index contributed by atoms with van der Waals surface area (Å²) in [6.45, 7) is 0. The van der Waals surface area contributed by atoms with E-state index in [2.05, 4.69) is 16.0 Å². The number of methoxy groups -OCH3 is 2. The molecular weight excluding hydrogens is 444 g/mol. The number of carbonyl (C=O) groups is 1. The van der Waals surface area contributed by atoms with E-state index >= 15 is 0 Å². The fourth-order valence-corrected chi connectivity index (χ4v) is 5.23. The molecule has 4 aromatic rings. The standard InChI is InChI=1S/C24H20N2O4S2/c1-29-19-9-8-17(12-20(19)30-2)21-13-18(14-31-24-25-10-3-11-26-24)22(32-21)15-4-6-16(7-5-15)23(27)28/h3-13H,14H2,1-2H3,(H,27,28). The van der Waals surface area contributed by atoms with Crippen LogP contribution in [0.2, 0.25) is 0 Å². The fraction of sp³-hybridized carbons (Fsp3) is 0.125. The highest BCUT2D eigenvalue weighted by atomic mass is 32.2. The average Bonchev–Trinajstić information content (AvgIpc) is 3.27. The summed E-state index contributed by atoms with van der Waals surface area (Å²) in [6.07, 6.45) is 3.45. The van der Waals surface area contributed by atoms with Crippen molar-refractivity contribution in [3.05, 3.63) is 78.1 Å². The summed E-state index contributed by atoms with van der Waals surface area (Å²) in [7, 11) is 3.23. The van der Waals surface area contributed by atoms with Crippen molar-refractivity contribution < 1.29 is 19.4 Å². The quantitative estimate of drug-likeness (QED) is 0.258. The lowest BCUT2D eigenvalue weighted by Gasteiger charge is -2.08. The lowest BCUT2D eigenvalue weighted by Crippen LogP contribution is -1.95. The first-order valence-corrected chi connectivity index (χ1v) is 11.5. The molecule has 0 fully saturated rings. The van der Waals surface area contributed by atoms with Gasteiger partial charge in [-0.2, -0.15) is 0 Å². The maximum atomic E-state index is 11.2. The van der Waals surface area contributed by atoms with Crippen molar-refractivity contribution in [1.82, 2.24) is 9.97 Å². The SMILES string of the molecule is COc1ccc(-c2cc(CSc3ncccn3)c(-c3ccc(C(=O)O)cc3)s2)cc1OC. The Hall–Kier alpha value is -3.36. The molecule has 0 saturated heterocycles. The van der Waals surface area contributed by atoms with Gasteiger partial charge in [-0.25, -0.2) is 14.8 Å². The number of ether oxygens (including phenoxy) is 2. The second-order valence-corrected chi connectivity index (χ2v) is 8.73. The number of thiophene rings is 1. The van der Waals surface area contributed by atoms with Crippen molar-refractivity contribution in [2.45, 2.75) is 10.9 Å². The summed E-state index contributed by atoms with van der Waals surface area (Å²) in [6, 6.07) is 16.8. The predicted molar refractivity (Wildman–Crippen MR) is 127 cm³/mol. The van der Waals surface area contributed by atoms with E-state index < -0.39 is 5.97 Å². The third kappa shape index (κ3) is 4.76. The van der Waals surface area contributed by atoms with Crippen LogP contribution in [0, 0.1) is 0 Å². The largest absolute Gasteiger partial charge is 0.493 e. The van der Waals surface area contributed by atoms with Crippen LogP contribution in [0.5, 0.6) is 11.5 Å². The van der Waals surface area contributed by atoms with Crippen LogP contribution in [0.25, 0.3) is 20.9 Å². The molecule has 0 saturated carbocycles. The fourth-order valence-electron chi connectivity index (χ4n) is 3.18. The summed E-state index contributed by atoms with van der Waals surface area (Å²) >= 11 is 3.21. The molecule has 0 aliphatic carbocycles. The van der Waals surface area contributed by atoms with Gasteiger partial charge < -0.3 is 14.6 Å². The third-order valence-electron chi connectivity index (χ3n) is 4.77. The Balaban J connectivity index is 1.73. The Labute approximate surface area is 193 Å². The van der Waals surface area contributed by atoms with Gasteiger partial charge in [-0.05, 0) is 59.2 Å². The van der Waals surface area contributed by atoms with Gasteiger partial charge in [0.2, 0.25) is 0 Å². The van der Waals surface area contributed by atoms with Gasteiger partial charge in [0.1, 0.15) is 0 Å². The number of aromatic carboxylic acids is 1. The lowest BCUT2D eigenvalue weighted by molar-refractivity contribution is 0.0697. The van der Waals surface area contributed by atoms with Gasteiger partial charge in [0.25, 0.3) is 0 Å². The summed E-state index contributed by atoms with van der Waals surface area (Å²) in [5.74, 6) is 1.09. The molecule has 32 heavy (non-hydrogen) atoms. The average molecular weight is 465 g/mol. The van der Waals surface area contributed by atoms with E-state index in [1.165, 1.54) is 0 Å². The smallest absolute Gasteiger partial charge is 0.335 e. The van der Waals surface area contributed by atoms with Gasteiger partial charge in [-0.15, -0.1) is 11.3 Å². The molecule has 8 heteroatoms. The van der Waals surface area contributed by atoms with E-state index in [0.29, 0.717) is 22.4 Å². The van der Waals surface area contributed by atoms with Crippen molar-refractivity contribution in [3.63, 3.8) is 0 Å². The first-order chi connectivity index (χ1) is 15.6. The molecule has 0 aliphatic heterocycles. The molecule has 162 valence electrons. The molecule has 6 nitrogen and oxygen atoms in total. The molecule has 0 atom stereocenters. The van der Waals surface area contributed by atoms with Gasteiger partial charge in [-0.3, -0.25) is 0 Å². The van der Waals surface area contributed by atoms with Crippen LogP contribution >= 0.6 is 23.1 Å². The lowest BCUT2D eigenvalue weighted by atomic mass is 10.1. The number of carboxylic acids is 1. The normalized spacial score (nSPS) is 10.7. The maximum absolute atomic E-state index is 11.2. The van der Waals surface area contributed by atoms with Crippen LogP contribution in [0.1, 0.15) is 15.9 Å². The summed E-state index contributed by atoms with van der Waals surface area (Å²) < 4.78 is 10.8. The molecular formula is C24H20N2O4S2. The van der Waals surface area contributed by atoms with E-state index in [1.54, 1.807) is 67.9 Å². The van der Waals surface area contributed by atoms with Gasteiger partial charge in [0, 0.05) is 27.9 Å². The van der Waals surface area contributed by atoms with Gasteiger partial charge >= 0.3 is 5.97 Å². The van der Waals surface area contributed by atoms with Crippen molar-refractivity contribution in [3.8, 4) is 32.4 Å². The van der Waals surface area contributed by atoms with Crippen molar-refractivity contribution in [2.24, 2.45) is 0 Å². The van der Waals surface area contributed by atoms with Crippen LogP contribution in [0.4, 0.5) is 0 Å². The number of aromatic nitrogens is 2. The second-order valence-electron chi connectivity index (χ2n) is 6.74. The van der Waals surface area contributed by atoms with E-state index in [1.807, 2.05) is 30.3 Å². The highest BCUT2D eigenvalue weighted by molar-refractivity contribution is 7.98. The molecule has 1 N–H and O–H groups in total. The van der Waals surface area contributed by atoms with Gasteiger partial charge in [0.05, 0.1) is 19.8 Å². The van der Waals surface area contributed by atoms with E-state index in [9.17, 15) is 9.90 Å². The Bertz CT molecular complexity index is 1220. The Kier molecular flexibility index (Phi) is 6.72. The van der Waals surface area contributed by atoms with Gasteiger partial charge in [0.15, 0.2) is 16.7 Å². The van der Waals surface area contributed by atoms with E-state index in [-0.39, 0.29) is 5.56 Å². The topological polar surface area (TPSA) is 81.5 Å². The molecule has 2 aromatic heterocycles. The highest BCUT2D eigenvalue weighted by Gasteiger charge is 2.16. The predicted octanol–water partition coefficient (Wildman–Crippen LogP) is 5.88. The summed E-state index contributed by atoms with van der Waals surface area (Å²) in [5, 5.41) is 9.93. The number of nitrogens with zero attached hydrogens (tertiary/aromatic N) is 2. The number of hydrogen-bond donors (Lipinski definition) is 1. The zero-order valence-electron chi connectivity index (χ0n) is 17.4. The molecule has 0 amide bonds. The minimum absolute atomic E-state index is 0.263. The summed E-state index contributed by atoms with van der Waals surface area (Å²) in [4.78, 5) is 22.0. The molecule has 0 unspecified atom stereocenters. The van der Waals surface area contributed by atoms with Crippen LogP contribution in [-0.4, -0.2) is 35.3 Å². The maximum Gasteiger partial charge on any atom is 0.335 e. The number of rotatable bonds is 8. The Morgan fingerprint density at radius 3 is 2.31 bits per heavy atom. The first-order valence-electron chi connectivity index (χ1n) is 9.67. The van der Waals surface area contributed by atoms with Crippen LogP contribution in [-0.2, 0) is 5.75 Å². The van der Waals surface area contributed by atoms with Crippen LogP contribution in [0.3, 0.4) is 0 Å². The number of hydrogen-bond acceptors (Lipinski definition) is 7. The third-order valence-corrected chi connectivity index (χ3v) is 6.97. The number of thioether (sulfide) groups is 1. The molecule has 0 radical (unpaired) electrons. The number of carboxylic acid groups (broad SMARTS) is 1. The highest BCUT2D eigenvalue weighted by Crippen LogP contribution is 2.42. The van der Waals surface area contributed by atoms with E-state index in [4.69, 9.17) is 9.47 Å². The number of benzene rings is 2. The zero-order chi connectivity index (χ0) is 22.5. The molecule has 0 aliphatic rings. The molecule has 0 spiro atoms. The summed E-state index contributed by atoms with van der Waals surface area (Å²) in [5.41, 5.74) is 3.37. The molecule has 2 aromatic carbocycles. The Morgan fingerprint density at radius 2 is 1.66 bits per heavy atom. The molecule has 4 rings (SSSR count). The van der Waals surface area contributed by atoms with Crippen molar-refractivity contribution in [1.29, 1.82) is 0 Å². The first kappa shape index (κ1) is 21.9. The van der Waals surface area contributed by atoms with E-state index in [0.717, 1.165) is 26.4 Å². The van der Waals surface area contributed by atoms with Gasteiger partial charge in [-0.1, -0.05) is 23.9 Å². The minimum Gasteiger partial charge on any atom is -0.493 e. The molecule has 2 heterocycles. The molecule has 0 bridgehead atoms. The van der Waals surface area contributed by atoms with Crippen molar-refractivity contribution >= 4 is 29.1 Å².